The van der Waals surface area contributed by atoms with Crippen LogP contribution in [0.3, 0.4) is 0 Å². The van der Waals surface area contributed by atoms with Crippen LogP contribution in [-0.4, -0.2) is 50.3 Å². The molecule has 2 aromatic rings. The van der Waals surface area contributed by atoms with Crippen LogP contribution in [0.2, 0.25) is 0 Å². The third-order valence-electron chi connectivity index (χ3n) is 4.78. The molecule has 1 aromatic heterocycles. The van der Waals surface area contributed by atoms with Gasteiger partial charge in [-0.2, -0.15) is 0 Å². The van der Waals surface area contributed by atoms with E-state index in [-0.39, 0.29) is 24.0 Å². The van der Waals surface area contributed by atoms with Crippen LogP contribution >= 0.6 is 35.3 Å². The highest BCUT2D eigenvalue weighted by atomic mass is 127. The summed E-state index contributed by atoms with van der Waals surface area (Å²) in [5.41, 5.74) is 2.27. The monoisotopic (exact) mass is 529 g/mol. The number of guanidine groups is 1. The second-order valence-corrected chi connectivity index (χ2v) is 7.94. The Labute approximate surface area is 195 Å². The molecule has 1 unspecified atom stereocenters. The van der Waals surface area contributed by atoms with E-state index in [1.54, 1.807) is 18.4 Å². The normalized spacial score (nSPS) is 16.4. The number of anilines is 1. The van der Waals surface area contributed by atoms with E-state index in [1.807, 2.05) is 19.1 Å². The number of hydrogen-bond donors (Lipinski definition) is 2. The minimum absolute atomic E-state index is 0. The van der Waals surface area contributed by atoms with E-state index in [4.69, 9.17) is 9.73 Å². The Morgan fingerprint density at radius 3 is 2.93 bits per heavy atom. The van der Waals surface area contributed by atoms with Crippen LogP contribution < -0.4 is 20.3 Å². The predicted octanol–water partition coefficient (Wildman–Crippen LogP) is 3.84. The van der Waals surface area contributed by atoms with Crippen LogP contribution in [0.4, 0.5) is 5.69 Å². The highest BCUT2D eigenvalue weighted by molar-refractivity contribution is 14.0. The van der Waals surface area contributed by atoms with Crippen molar-refractivity contribution >= 4 is 47.0 Å². The highest BCUT2D eigenvalue weighted by Gasteiger charge is 2.25. The summed E-state index contributed by atoms with van der Waals surface area (Å²) in [4.78, 5) is 11.7. The second kappa shape index (κ2) is 12.2. The number of halogens is 1. The molecule has 1 aliphatic rings. The third kappa shape index (κ3) is 7.02. The fourth-order valence-electron chi connectivity index (χ4n) is 3.44. The Bertz CT molecular complexity index is 782. The van der Waals surface area contributed by atoms with Crippen molar-refractivity contribution in [1.82, 2.24) is 15.6 Å². The minimum atomic E-state index is 0. The van der Waals surface area contributed by atoms with E-state index in [9.17, 15) is 0 Å². The van der Waals surface area contributed by atoms with E-state index in [2.05, 4.69) is 45.0 Å². The first kappa shape index (κ1) is 23.7. The fraction of sp³-hybridized carbons (Fsp3) is 0.524. The molecule has 0 aliphatic carbocycles. The molecular formula is C21H32IN5OS. The van der Waals surface area contributed by atoms with Gasteiger partial charge in [0.25, 0.3) is 0 Å². The Kier molecular flexibility index (Phi) is 9.99. The number of ether oxygens (including phenoxy) is 1. The molecule has 8 heteroatoms. The number of aromatic nitrogens is 1. The van der Waals surface area contributed by atoms with Gasteiger partial charge in [0.2, 0.25) is 0 Å². The van der Waals surface area contributed by atoms with Gasteiger partial charge in [-0.05, 0) is 38.8 Å². The number of benzene rings is 1. The smallest absolute Gasteiger partial charge is 0.191 e. The molecule has 160 valence electrons. The first-order chi connectivity index (χ1) is 13.7. The van der Waals surface area contributed by atoms with Gasteiger partial charge in [-0.15, -0.1) is 35.3 Å². The topological polar surface area (TPSA) is 61.8 Å². The fourth-order valence-corrected chi connectivity index (χ4v) is 4.26. The van der Waals surface area contributed by atoms with Crippen LogP contribution in [0.15, 0.2) is 34.6 Å². The molecule has 1 atom stereocenters. The minimum Gasteiger partial charge on any atom is -0.495 e. The molecule has 6 nitrogen and oxygen atoms in total. The van der Waals surface area contributed by atoms with Crippen LogP contribution in [0.25, 0.3) is 0 Å². The van der Waals surface area contributed by atoms with Gasteiger partial charge in [0.15, 0.2) is 5.96 Å². The van der Waals surface area contributed by atoms with Gasteiger partial charge < -0.3 is 20.3 Å². The summed E-state index contributed by atoms with van der Waals surface area (Å²) in [7, 11) is 1.73. The molecule has 0 saturated carbocycles. The molecule has 1 aromatic carbocycles. The molecule has 1 aliphatic heterocycles. The molecule has 1 saturated heterocycles. The molecule has 0 spiro atoms. The average molecular weight is 529 g/mol. The number of aryl methyl sites for hydroxylation is 2. The highest BCUT2D eigenvalue weighted by Crippen LogP contribution is 2.30. The summed E-state index contributed by atoms with van der Waals surface area (Å²) in [5, 5.41) is 10.3. The maximum Gasteiger partial charge on any atom is 0.191 e. The zero-order valence-corrected chi connectivity index (χ0v) is 20.6. The van der Waals surface area contributed by atoms with Crippen molar-refractivity contribution in [1.29, 1.82) is 0 Å². The SMILES string of the molecule is CCNC(=NCCCc1nc(C)cs1)NC1CCN(c2ccccc2OC)C1.I. The lowest BCUT2D eigenvalue weighted by molar-refractivity contribution is 0.415. The quantitative estimate of drug-likeness (QED) is 0.236. The molecule has 0 bridgehead atoms. The number of hydrogen-bond acceptors (Lipinski definition) is 5. The van der Waals surface area contributed by atoms with Crippen molar-refractivity contribution in [2.24, 2.45) is 4.99 Å². The van der Waals surface area contributed by atoms with Gasteiger partial charge >= 0.3 is 0 Å². The van der Waals surface area contributed by atoms with E-state index >= 15 is 0 Å². The van der Waals surface area contributed by atoms with Crippen molar-refractivity contribution in [2.45, 2.75) is 39.2 Å². The molecule has 3 rings (SSSR count). The van der Waals surface area contributed by atoms with Crippen molar-refractivity contribution in [2.75, 3.05) is 38.2 Å². The standard InChI is InChI=1S/C21H31N5OS.HI/c1-4-22-21(23-12-7-10-20-24-16(2)15-28-20)25-17-11-13-26(14-17)18-8-5-6-9-19(18)27-3;/h5-6,8-9,15,17H,4,7,10-14H2,1-3H3,(H2,22,23,25);1H. The number of para-hydroxylation sites is 2. The van der Waals surface area contributed by atoms with E-state index < -0.39 is 0 Å². The van der Waals surface area contributed by atoms with Crippen molar-refractivity contribution in [3.8, 4) is 5.75 Å². The number of thiazole rings is 1. The van der Waals surface area contributed by atoms with Gasteiger partial charge in [-0.3, -0.25) is 4.99 Å². The summed E-state index contributed by atoms with van der Waals surface area (Å²) in [5.74, 6) is 1.84. The van der Waals surface area contributed by atoms with E-state index in [0.717, 1.165) is 68.5 Å². The Morgan fingerprint density at radius 1 is 1.38 bits per heavy atom. The number of nitrogens with zero attached hydrogens (tertiary/aromatic N) is 3. The van der Waals surface area contributed by atoms with Gasteiger partial charge in [0.05, 0.1) is 17.8 Å². The molecule has 29 heavy (non-hydrogen) atoms. The lowest BCUT2D eigenvalue weighted by Gasteiger charge is -2.22. The maximum absolute atomic E-state index is 5.51. The zero-order valence-electron chi connectivity index (χ0n) is 17.5. The largest absolute Gasteiger partial charge is 0.495 e. The van der Waals surface area contributed by atoms with Gasteiger partial charge in [-0.1, -0.05) is 12.1 Å². The molecule has 2 N–H and O–H groups in total. The van der Waals surface area contributed by atoms with Crippen LogP contribution in [0.1, 0.15) is 30.5 Å². The van der Waals surface area contributed by atoms with Crippen LogP contribution in [-0.2, 0) is 6.42 Å². The maximum atomic E-state index is 5.51. The Morgan fingerprint density at radius 2 is 2.21 bits per heavy atom. The lowest BCUT2D eigenvalue weighted by atomic mass is 10.2. The number of aliphatic imine (C=N–C) groups is 1. The number of rotatable bonds is 8. The van der Waals surface area contributed by atoms with Crippen molar-refractivity contribution in [3.05, 3.63) is 40.3 Å². The van der Waals surface area contributed by atoms with Gasteiger partial charge in [0, 0.05) is 49.7 Å². The third-order valence-corrected chi connectivity index (χ3v) is 5.81. The summed E-state index contributed by atoms with van der Waals surface area (Å²) in [6, 6.07) is 8.60. The molecule has 2 heterocycles. The van der Waals surface area contributed by atoms with Crippen molar-refractivity contribution in [3.63, 3.8) is 0 Å². The summed E-state index contributed by atoms with van der Waals surface area (Å²) in [6.45, 7) is 7.77. The molecular weight excluding hydrogens is 497 g/mol. The van der Waals surface area contributed by atoms with Gasteiger partial charge in [-0.25, -0.2) is 4.98 Å². The summed E-state index contributed by atoms with van der Waals surface area (Å²) in [6.07, 6.45) is 3.09. The first-order valence-corrected chi connectivity index (χ1v) is 10.9. The van der Waals surface area contributed by atoms with Gasteiger partial charge in [0.1, 0.15) is 5.75 Å². The number of methoxy groups -OCH3 is 1. The van der Waals surface area contributed by atoms with Crippen LogP contribution in [0, 0.1) is 6.92 Å². The summed E-state index contributed by atoms with van der Waals surface area (Å²) < 4.78 is 5.51. The lowest BCUT2D eigenvalue weighted by Crippen LogP contribution is -2.44. The van der Waals surface area contributed by atoms with Crippen molar-refractivity contribution < 1.29 is 4.74 Å². The number of nitrogens with one attached hydrogen (secondary N) is 2. The van der Waals surface area contributed by atoms with Crippen LogP contribution in [0.5, 0.6) is 5.75 Å². The Balaban J connectivity index is 0.00000300. The molecule has 1 fully saturated rings. The average Bonchev–Trinajstić information content (AvgIpc) is 3.34. The predicted molar refractivity (Wildman–Crippen MR) is 133 cm³/mol. The first-order valence-electron chi connectivity index (χ1n) is 10.0. The Hall–Kier alpha value is -1.55. The molecule has 0 radical (unpaired) electrons. The molecule has 0 amide bonds. The summed E-state index contributed by atoms with van der Waals surface area (Å²) >= 11 is 1.74. The van der Waals surface area contributed by atoms with E-state index in [1.165, 1.54) is 5.01 Å². The second-order valence-electron chi connectivity index (χ2n) is 6.99. The zero-order chi connectivity index (χ0) is 19.8. The van der Waals surface area contributed by atoms with E-state index in [0.29, 0.717) is 6.04 Å².